The third-order valence-electron chi connectivity index (χ3n) is 5.23. The van der Waals surface area contributed by atoms with Crippen molar-refractivity contribution in [3.8, 4) is 5.75 Å². The van der Waals surface area contributed by atoms with E-state index in [1.807, 2.05) is 60.7 Å². The van der Waals surface area contributed by atoms with E-state index in [1.165, 1.54) is 4.90 Å². The molecule has 0 N–H and O–H groups in total. The third-order valence-corrected chi connectivity index (χ3v) is 5.23. The second-order valence-corrected chi connectivity index (χ2v) is 7.22. The molecule has 30 heavy (non-hydrogen) atoms. The normalized spacial score (nSPS) is 16.4. The molecule has 0 aliphatic carbocycles. The summed E-state index contributed by atoms with van der Waals surface area (Å²) in [5.41, 5.74) is 2.33. The van der Waals surface area contributed by atoms with Crippen LogP contribution in [0.4, 0.5) is 5.69 Å². The topological polar surface area (TPSA) is 62.7 Å². The van der Waals surface area contributed by atoms with Crippen LogP contribution in [0.25, 0.3) is 0 Å². The Labute approximate surface area is 175 Å². The molecule has 1 aromatic heterocycles. The Bertz CT molecular complexity index is 1000. The van der Waals surface area contributed by atoms with Crippen molar-refractivity contribution in [2.45, 2.75) is 19.1 Å². The Hall–Kier alpha value is -3.67. The lowest BCUT2D eigenvalue weighted by Crippen LogP contribution is -2.49. The number of rotatable bonds is 5. The van der Waals surface area contributed by atoms with Gasteiger partial charge in [-0.3, -0.25) is 19.5 Å². The van der Waals surface area contributed by atoms with Crippen LogP contribution in [-0.2, 0) is 9.59 Å². The number of nitrogens with zero attached hydrogens (tertiary/aromatic N) is 3. The fourth-order valence-corrected chi connectivity index (χ4v) is 3.68. The van der Waals surface area contributed by atoms with Gasteiger partial charge in [0, 0.05) is 13.2 Å². The average molecular weight is 401 g/mol. The van der Waals surface area contributed by atoms with Crippen molar-refractivity contribution >= 4 is 17.5 Å². The van der Waals surface area contributed by atoms with Crippen molar-refractivity contribution in [3.05, 3.63) is 90.3 Å². The van der Waals surface area contributed by atoms with Crippen molar-refractivity contribution in [1.29, 1.82) is 0 Å². The van der Waals surface area contributed by atoms with Crippen molar-refractivity contribution < 1.29 is 14.3 Å². The number of para-hydroxylation sites is 2. The maximum absolute atomic E-state index is 13.3. The number of carbonyl (C=O) groups is 2. The van der Waals surface area contributed by atoms with Gasteiger partial charge in [0.25, 0.3) is 5.91 Å². The minimum absolute atomic E-state index is 0.0732. The van der Waals surface area contributed by atoms with Crippen molar-refractivity contribution in [3.63, 3.8) is 0 Å². The second kappa shape index (κ2) is 8.37. The van der Waals surface area contributed by atoms with E-state index < -0.39 is 6.10 Å². The second-order valence-electron chi connectivity index (χ2n) is 7.22. The maximum atomic E-state index is 13.3. The van der Waals surface area contributed by atoms with Gasteiger partial charge in [-0.15, -0.1) is 0 Å². The summed E-state index contributed by atoms with van der Waals surface area (Å²) >= 11 is 0. The van der Waals surface area contributed by atoms with Crippen LogP contribution in [-0.4, -0.2) is 41.4 Å². The zero-order valence-corrected chi connectivity index (χ0v) is 16.9. The van der Waals surface area contributed by atoms with Crippen LogP contribution in [0.15, 0.2) is 79.0 Å². The third kappa shape index (κ3) is 3.76. The lowest BCUT2D eigenvalue weighted by Gasteiger charge is -2.35. The van der Waals surface area contributed by atoms with Gasteiger partial charge in [0.05, 0.1) is 17.4 Å². The molecule has 0 saturated carbocycles. The molecule has 1 aliphatic rings. The molecule has 1 aliphatic heterocycles. The molecule has 2 amide bonds. The summed E-state index contributed by atoms with van der Waals surface area (Å²) in [5.74, 6) is 0.181. The Balaban J connectivity index is 1.64. The van der Waals surface area contributed by atoms with E-state index in [2.05, 4.69) is 4.98 Å². The van der Waals surface area contributed by atoms with Crippen LogP contribution in [0.5, 0.6) is 5.75 Å². The van der Waals surface area contributed by atoms with Crippen LogP contribution in [0.2, 0.25) is 0 Å². The molecule has 152 valence electrons. The van der Waals surface area contributed by atoms with E-state index in [-0.39, 0.29) is 24.4 Å². The summed E-state index contributed by atoms with van der Waals surface area (Å²) in [5, 5.41) is 0. The van der Waals surface area contributed by atoms with Gasteiger partial charge in [-0.1, -0.05) is 48.5 Å². The lowest BCUT2D eigenvalue weighted by molar-refractivity contribution is -0.133. The van der Waals surface area contributed by atoms with Gasteiger partial charge in [0.1, 0.15) is 12.3 Å². The average Bonchev–Trinajstić information content (AvgIpc) is 2.78. The molecule has 0 fully saturated rings. The predicted molar refractivity (Wildman–Crippen MR) is 114 cm³/mol. The van der Waals surface area contributed by atoms with Crippen LogP contribution in [0, 0.1) is 0 Å². The minimum Gasteiger partial charge on any atom is -0.479 e. The molecule has 2 atom stereocenters. The first-order valence-electron chi connectivity index (χ1n) is 9.85. The van der Waals surface area contributed by atoms with E-state index in [4.69, 9.17) is 4.74 Å². The van der Waals surface area contributed by atoms with E-state index in [0.717, 1.165) is 11.3 Å². The van der Waals surface area contributed by atoms with Gasteiger partial charge >= 0.3 is 0 Å². The van der Waals surface area contributed by atoms with Gasteiger partial charge in [-0.05, 0) is 36.8 Å². The Morgan fingerprint density at radius 3 is 2.50 bits per heavy atom. The number of ether oxygens (including phenoxy) is 1. The maximum Gasteiger partial charge on any atom is 0.268 e. The molecule has 3 aromatic rings. The predicted octanol–water partition coefficient (Wildman–Crippen LogP) is 3.44. The van der Waals surface area contributed by atoms with E-state index >= 15 is 0 Å². The van der Waals surface area contributed by atoms with Gasteiger partial charge in [0.2, 0.25) is 5.91 Å². The number of likely N-dealkylation sites (N-methyl/N-ethyl adjacent to an activating group) is 1. The highest BCUT2D eigenvalue weighted by Gasteiger charge is 2.34. The van der Waals surface area contributed by atoms with Crippen molar-refractivity contribution in [2.24, 2.45) is 0 Å². The SMILES string of the molecule is CC1Oc2ccccc2N(CC(=O)N(C)C(c2ccccc2)c2ccccn2)C1=O. The molecule has 0 spiro atoms. The number of fused-ring (bicyclic) bond motifs is 1. The van der Waals surface area contributed by atoms with Crippen LogP contribution < -0.4 is 9.64 Å². The number of benzene rings is 2. The van der Waals surface area contributed by atoms with E-state index in [9.17, 15) is 9.59 Å². The van der Waals surface area contributed by atoms with Crippen molar-refractivity contribution in [2.75, 3.05) is 18.5 Å². The summed E-state index contributed by atoms with van der Waals surface area (Å²) in [4.78, 5) is 33.7. The zero-order valence-electron chi connectivity index (χ0n) is 16.9. The Morgan fingerprint density at radius 1 is 1.07 bits per heavy atom. The number of amides is 2. The highest BCUT2D eigenvalue weighted by Crippen LogP contribution is 2.34. The summed E-state index contributed by atoms with van der Waals surface area (Å²) in [6, 6.07) is 22.3. The zero-order chi connectivity index (χ0) is 21.1. The lowest BCUT2D eigenvalue weighted by atomic mass is 10.0. The molecule has 0 bridgehead atoms. The van der Waals surface area contributed by atoms with Gasteiger partial charge < -0.3 is 9.64 Å². The molecule has 2 unspecified atom stereocenters. The number of hydrogen-bond acceptors (Lipinski definition) is 4. The molecule has 2 aromatic carbocycles. The minimum atomic E-state index is -0.640. The Kier molecular flexibility index (Phi) is 5.48. The molecular weight excluding hydrogens is 378 g/mol. The molecule has 2 heterocycles. The fraction of sp³-hybridized carbons (Fsp3) is 0.208. The summed E-state index contributed by atoms with van der Waals surface area (Å²) < 4.78 is 5.68. The first-order chi connectivity index (χ1) is 14.6. The molecule has 0 radical (unpaired) electrons. The van der Waals surface area contributed by atoms with Gasteiger partial charge in [-0.2, -0.15) is 0 Å². The molecule has 0 saturated heterocycles. The summed E-state index contributed by atoms with van der Waals surface area (Å²) in [6.45, 7) is 1.62. The first-order valence-corrected chi connectivity index (χ1v) is 9.85. The smallest absolute Gasteiger partial charge is 0.268 e. The number of pyridine rings is 1. The van der Waals surface area contributed by atoms with Crippen LogP contribution in [0.3, 0.4) is 0 Å². The number of hydrogen-bond donors (Lipinski definition) is 0. The molecule has 6 heteroatoms. The molecule has 6 nitrogen and oxygen atoms in total. The van der Waals surface area contributed by atoms with Gasteiger partial charge in [0.15, 0.2) is 6.10 Å². The highest BCUT2D eigenvalue weighted by atomic mass is 16.5. The summed E-state index contributed by atoms with van der Waals surface area (Å²) in [7, 11) is 1.74. The Morgan fingerprint density at radius 2 is 1.77 bits per heavy atom. The van der Waals surface area contributed by atoms with Gasteiger partial charge in [-0.25, -0.2) is 0 Å². The summed E-state index contributed by atoms with van der Waals surface area (Å²) in [6.07, 6.45) is 1.08. The largest absolute Gasteiger partial charge is 0.479 e. The number of carbonyl (C=O) groups excluding carboxylic acids is 2. The first kappa shape index (κ1) is 19.6. The highest BCUT2D eigenvalue weighted by molar-refractivity contribution is 6.03. The van der Waals surface area contributed by atoms with Crippen molar-refractivity contribution in [1.82, 2.24) is 9.88 Å². The van der Waals surface area contributed by atoms with E-state index in [0.29, 0.717) is 11.4 Å². The quantitative estimate of drug-likeness (QED) is 0.657. The number of anilines is 1. The monoisotopic (exact) mass is 401 g/mol. The molecule has 4 rings (SSSR count). The number of aromatic nitrogens is 1. The molecular formula is C24H23N3O3. The standard InChI is InChI=1S/C24H23N3O3/c1-17-24(29)27(20-13-6-7-14-21(20)30-17)16-22(28)26(2)23(18-10-4-3-5-11-18)19-12-8-9-15-25-19/h3-15,17,23H,16H2,1-2H3. The van der Waals surface area contributed by atoms with Crippen LogP contribution in [0.1, 0.15) is 24.2 Å². The fourth-order valence-electron chi connectivity index (χ4n) is 3.68. The van der Waals surface area contributed by atoms with E-state index in [1.54, 1.807) is 37.2 Å². The van der Waals surface area contributed by atoms with Crippen LogP contribution >= 0.6 is 0 Å².